The highest BCUT2D eigenvalue weighted by molar-refractivity contribution is 6.30. The van der Waals surface area contributed by atoms with Crippen molar-refractivity contribution < 1.29 is 4.74 Å². The van der Waals surface area contributed by atoms with Crippen LogP contribution in [0.2, 0.25) is 5.15 Å². The van der Waals surface area contributed by atoms with Crippen LogP contribution in [0.4, 0.5) is 0 Å². The quantitative estimate of drug-likeness (QED) is 0.703. The van der Waals surface area contributed by atoms with E-state index in [1.807, 2.05) is 20.8 Å². The molecule has 0 aliphatic carbocycles. The molecular weight excluding hydrogens is 188 g/mol. The predicted molar refractivity (Wildman–Crippen MR) is 52.3 cm³/mol. The SMILES string of the molecule is CCOc1nc(CC)nc(Cl)c1C. The van der Waals surface area contributed by atoms with Gasteiger partial charge in [0.1, 0.15) is 11.0 Å². The molecule has 13 heavy (non-hydrogen) atoms. The maximum atomic E-state index is 5.90. The third-order valence-corrected chi connectivity index (χ3v) is 2.05. The van der Waals surface area contributed by atoms with Crippen LogP contribution in [0.5, 0.6) is 5.88 Å². The standard InChI is InChI=1S/C9H13ClN2O/c1-4-7-11-8(10)6(3)9(12-7)13-5-2/h4-5H2,1-3H3. The Labute approximate surface area is 83.1 Å². The summed E-state index contributed by atoms with van der Waals surface area (Å²) in [5.41, 5.74) is 0.806. The molecule has 1 heterocycles. The van der Waals surface area contributed by atoms with Crippen molar-refractivity contribution in [2.24, 2.45) is 0 Å². The Balaban J connectivity index is 3.09. The fourth-order valence-electron chi connectivity index (χ4n) is 0.947. The number of hydrogen-bond donors (Lipinski definition) is 0. The Bertz CT molecular complexity index is 302. The van der Waals surface area contributed by atoms with E-state index in [-0.39, 0.29) is 0 Å². The molecule has 0 N–H and O–H groups in total. The molecule has 0 aliphatic rings. The van der Waals surface area contributed by atoms with Crippen LogP contribution in [0.1, 0.15) is 25.2 Å². The molecule has 72 valence electrons. The molecule has 0 saturated heterocycles. The molecule has 1 rings (SSSR count). The van der Waals surface area contributed by atoms with Gasteiger partial charge in [0, 0.05) is 12.0 Å². The monoisotopic (exact) mass is 200 g/mol. The molecule has 1 aromatic rings. The van der Waals surface area contributed by atoms with Crippen LogP contribution in [0.3, 0.4) is 0 Å². The van der Waals surface area contributed by atoms with Gasteiger partial charge in [0.25, 0.3) is 0 Å². The van der Waals surface area contributed by atoms with Crippen LogP contribution in [-0.2, 0) is 6.42 Å². The number of ether oxygens (including phenoxy) is 1. The minimum absolute atomic E-state index is 0.482. The Morgan fingerprint density at radius 1 is 1.31 bits per heavy atom. The van der Waals surface area contributed by atoms with Gasteiger partial charge in [-0.1, -0.05) is 18.5 Å². The second kappa shape index (κ2) is 4.42. The van der Waals surface area contributed by atoms with Crippen LogP contribution in [0, 0.1) is 6.92 Å². The highest BCUT2D eigenvalue weighted by Gasteiger charge is 2.08. The predicted octanol–water partition coefficient (Wildman–Crippen LogP) is 2.40. The zero-order valence-corrected chi connectivity index (χ0v) is 8.85. The first-order chi connectivity index (χ1) is 6.19. The highest BCUT2D eigenvalue weighted by atomic mass is 35.5. The van der Waals surface area contributed by atoms with Crippen molar-refractivity contribution in [3.8, 4) is 5.88 Å². The van der Waals surface area contributed by atoms with Crippen molar-refractivity contribution in [1.29, 1.82) is 0 Å². The topological polar surface area (TPSA) is 35.0 Å². The first-order valence-corrected chi connectivity index (χ1v) is 4.72. The van der Waals surface area contributed by atoms with Crippen molar-refractivity contribution in [3.05, 3.63) is 16.5 Å². The van der Waals surface area contributed by atoms with Crippen LogP contribution in [0.15, 0.2) is 0 Å². The molecule has 0 bridgehead atoms. The van der Waals surface area contributed by atoms with Crippen molar-refractivity contribution in [1.82, 2.24) is 9.97 Å². The van der Waals surface area contributed by atoms with E-state index in [1.165, 1.54) is 0 Å². The molecule has 0 aliphatic heterocycles. The third kappa shape index (κ3) is 2.31. The zero-order valence-electron chi connectivity index (χ0n) is 8.09. The Morgan fingerprint density at radius 3 is 2.54 bits per heavy atom. The van der Waals surface area contributed by atoms with E-state index in [0.717, 1.165) is 17.8 Å². The minimum atomic E-state index is 0.482. The van der Waals surface area contributed by atoms with E-state index in [0.29, 0.717) is 17.6 Å². The van der Waals surface area contributed by atoms with Gasteiger partial charge in [0.05, 0.1) is 6.61 Å². The fraction of sp³-hybridized carbons (Fsp3) is 0.556. The second-order valence-electron chi connectivity index (χ2n) is 2.65. The van der Waals surface area contributed by atoms with Gasteiger partial charge in [0.2, 0.25) is 5.88 Å². The van der Waals surface area contributed by atoms with Gasteiger partial charge in [-0.3, -0.25) is 0 Å². The van der Waals surface area contributed by atoms with Gasteiger partial charge in [-0.05, 0) is 13.8 Å². The summed E-state index contributed by atoms with van der Waals surface area (Å²) in [4.78, 5) is 8.33. The number of rotatable bonds is 3. The van der Waals surface area contributed by atoms with E-state index < -0.39 is 0 Å². The summed E-state index contributed by atoms with van der Waals surface area (Å²) in [6, 6.07) is 0. The average molecular weight is 201 g/mol. The highest BCUT2D eigenvalue weighted by Crippen LogP contribution is 2.21. The lowest BCUT2D eigenvalue weighted by molar-refractivity contribution is 0.322. The molecule has 1 aromatic heterocycles. The molecule has 0 saturated carbocycles. The maximum Gasteiger partial charge on any atom is 0.221 e. The van der Waals surface area contributed by atoms with Crippen LogP contribution in [-0.4, -0.2) is 16.6 Å². The van der Waals surface area contributed by atoms with Gasteiger partial charge in [-0.25, -0.2) is 4.98 Å². The first-order valence-electron chi connectivity index (χ1n) is 4.34. The molecule has 0 fully saturated rings. The zero-order chi connectivity index (χ0) is 9.84. The van der Waals surface area contributed by atoms with E-state index >= 15 is 0 Å². The second-order valence-corrected chi connectivity index (χ2v) is 3.01. The van der Waals surface area contributed by atoms with E-state index in [2.05, 4.69) is 9.97 Å². The molecule has 0 unspecified atom stereocenters. The summed E-state index contributed by atoms with van der Waals surface area (Å²) in [6.07, 6.45) is 0.764. The number of aryl methyl sites for hydroxylation is 1. The number of hydrogen-bond acceptors (Lipinski definition) is 3. The van der Waals surface area contributed by atoms with E-state index in [9.17, 15) is 0 Å². The Morgan fingerprint density at radius 2 is 2.00 bits per heavy atom. The summed E-state index contributed by atoms with van der Waals surface area (Å²) < 4.78 is 5.32. The summed E-state index contributed by atoms with van der Waals surface area (Å²) in [7, 11) is 0. The van der Waals surface area contributed by atoms with Gasteiger partial charge < -0.3 is 4.74 Å². The van der Waals surface area contributed by atoms with Crippen molar-refractivity contribution >= 4 is 11.6 Å². The molecule has 0 aromatic carbocycles. The minimum Gasteiger partial charge on any atom is -0.478 e. The molecule has 0 spiro atoms. The Kier molecular flexibility index (Phi) is 3.48. The molecule has 0 amide bonds. The van der Waals surface area contributed by atoms with Crippen LogP contribution in [0.25, 0.3) is 0 Å². The molecular formula is C9H13ClN2O. The van der Waals surface area contributed by atoms with Gasteiger partial charge >= 0.3 is 0 Å². The summed E-state index contributed by atoms with van der Waals surface area (Å²) in [5.74, 6) is 1.32. The summed E-state index contributed by atoms with van der Waals surface area (Å²) in [6.45, 7) is 6.35. The van der Waals surface area contributed by atoms with E-state index in [4.69, 9.17) is 16.3 Å². The third-order valence-electron chi connectivity index (χ3n) is 1.69. The lowest BCUT2D eigenvalue weighted by Gasteiger charge is -2.07. The summed E-state index contributed by atoms with van der Waals surface area (Å²) >= 11 is 5.90. The smallest absolute Gasteiger partial charge is 0.221 e. The molecule has 4 heteroatoms. The number of nitrogens with zero attached hydrogens (tertiary/aromatic N) is 2. The lowest BCUT2D eigenvalue weighted by Crippen LogP contribution is -2.02. The molecule has 3 nitrogen and oxygen atoms in total. The molecule has 0 atom stereocenters. The molecule has 0 radical (unpaired) electrons. The van der Waals surface area contributed by atoms with Crippen molar-refractivity contribution in [3.63, 3.8) is 0 Å². The maximum absolute atomic E-state index is 5.90. The first kappa shape index (κ1) is 10.3. The lowest BCUT2D eigenvalue weighted by atomic mass is 10.3. The van der Waals surface area contributed by atoms with Crippen molar-refractivity contribution in [2.75, 3.05) is 6.61 Å². The normalized spacial score (nSPS) is 10.2. The van der Waals surface area contributed by atoms with Crippen LogP contribution >= 0.6 is 11.6 Å². The van der Waals surface area contributed by atoms with Gasteiger partial charge in [-0.15, -0.1) is 0 Å². The fourth-order valence-corrected chi connectivity index (χ4v) is 1.13. The van der Waals surface area contributed by atoms with Gasteiger partial charge in [0.15, 0.2) is 0 Å². The van der Waals surface area contributed by atoms with Crippen LogP contribution < -0.4 is 4.74 Å². The van der Waals surface area contributed by atoms with E-state index in [1.54, 1.807) is 0 Å². The largest absolute Gasteiger partial charge is 0.478 e. The summed E-state index contributed by atoms with van der Waals surface area (Å²) in [5, 5.41) is 0.482. The number of aromatic nitrogens is 2. The number of halogens is 1. The van der Waals surface area contributed by atoms with Gasteiger partial charge in [-0.2, -0.15) is 4.98 Å². The van der Waals surface area contributed by atoms with Crippen molar-refractivity contribution in [2.45, 2.75) is 27.2 Å². The average Bonchev–Trinajstić information content (AvgIpc) is 2.13. The Hall–Kier alpha value is -0.830.